The minimum atomic E-state index is -0.312. The van der Waals surface area contributed by atoms with Crippen molar-refractivity contribution in [3.8, 4) is 17.1 Å². The number of ether oxygens (including phenoxy) is 1. The molecule has 29 heavy (non-hydrogen) atoms. The Balaban J connectivity index is 1.30. The summed E-state index contributed by atoms with van der Waals surface area (Å²) in [4.78, 5) is 31.2. The summed E-state index contributed by atoms with van der Waals surface area (Å²) in [5, 5.41) is 6.80. The third-order valence-electron chi connectivity index (χ3n) is 5.77. The van der Waals surface area contributed by atoms with Gasteiger partial charge in [-0.3, -0.25) is 9.59 Å². The lowest BCUT2D eigenvalue weighted by molar-refractivity contribution is -0.130. The van der Waals surface area contributed by atoms with Crippen molar-refractivity contribution in [1.29, 1.82) is 0 Å². The van der Waals surface area contributed by atoms with Crippen LogP contribution in [0.25, 0.3) is 11.4 Å². The first-order valence-corrected chi connectivity index (χ1v) is 10.2. The molecule has 2 amide bonds. The molecule has 2 fully saturated rings. The van der Waals surface area contributed by atoms with E-state index in [9.17, 15) is 9.59 Å². The van der Waals surface area contributed by atoms with Gasteiger partial charge in [-0.1, -0.05) is 24.4 Å². The number of methoxy groups -OCH3 is 1. The topological polar surface area (TPSA) is 97.6 Å². The summed E-state index contributed by atoms with van der Waals surface area (Å²) < 4.78 is 10.4. The molecule has 2 aromatic rings. The molecule has 0 bridgehead atoms. The van der Waals surface area contributed by atoms with Crippen molar-refractivity contribution >= 4 is 11.8 Å². The van der Waals surface area contributed by atoms with Crippen LogP contribution in [0.15, 0.2) is 28.8 Å². The SMILES string of the molecule is COc1ccc(-c2noc(CNC(=O)C3CC(=O)N(C4CCCCC4)C3)n2)cc1. The summed E-state index contributed by atoms with van der Waals surface area (Å²) in [5.41, 5.74) is 0.802. The molecule has 8 nitrogen and oxygen atoms in total. The second kappa shape index (κ2) is 8.63. The zero-order chi connectivity index (χ0) is 20.2. The fraction of sp³-hybridized carbons (Fsp3) is 0.524. The van der Waals surface area contributed by atoms with E-state index in [1.807, 2.05) is 29.2 Å². The van der Waals surface area contributed by atoms with E-state index in [0.29, 0.717) is 24.3 Å². The molecule has 2 heterocycles. The Kier molecular flexibility index (Phi) is 5.78. The second-order valence-electron chi connectivity index (χ2n) is 7.70. The van der Waals surface area contributed by atoms with Crippen molar-refractivity contribution in [2.24, 2.45) is 5.92 Å². The zero-order valence-electron chi connectivity index (χ0n) is 16.6. The van der Waals surface area contributed by atoms with Crippen molar-refractivity contribution in [3.63, 3.8) is 0 Å². The van der Waals surface area contributed by atoms with Gasteiger partial charge in [0, 0.05) is 24.6 Å². The number of nitrogens with one attached hydrogen (secondary N) is 1. The summed E-state index contributed by atoms with van der Waals surface area (Å²) in [5.74, 6) is 1.18. The van der Waals surface area contributed by atoms with Gasteiger partial charge in [-0.25, -0.2) is 0 Å². The van der Waals surface area contributed by atoms with Crippen LogP contribution >= 0.6 is 0 Å². The predicted molar refractivity (Wildman–Crippen MR) is 105 cm³/mol. The van der Waals surface area contributed by atoms with Crippen LogP contribution in [0.3, 0.4) is 0 Å². The molecule has 8 heteroatoms. The zero-order valence-corrected chi connectivity index (χ0v) is 16.6. The minimum Gasteiger partial charge on any atom is -0.497 e. The number of nitrogens with zero attached hydrogens (tertiary/aromatic N) is 3. The van der Waals surface area contributed by atoms with Crippen LogP contribution in [0.1, 0.15) is 44.4 Å². The first-order valence-electron chi connectivity index (χ1n) is 10.2. The molecule has 2 aliphatic rings. The number of hydrogen-bond donors (Lipinski definition) is 1. The van der Waals surface area contributed by atoms with Gasteiger partial charge in [0.2, 0.25) is 23.5 Å². The van der Waals surface area contributed by atoms with Gasteiger partial charge in [-0.05, 0) is 37.1 Å². The normalized spacial score (nSPS) is 20.1. The van der Waals surface area contributed by atoms with Crippen molar-refractivity contribution < 1.29 is 18.8 Å². The number of hydrogen-bond acceptors (Lipinski definition) is 6. The van der Waals surface area contributed by atoms with Gasteiger partial charge < -0.3 is 19.5 Å². The number of likely N-dealkylation sites (tertiary alicyclic amines) is 1. The largest absolute Gasteiger partial charge is 0.497 e. The average Bonchev–Trinajstić information content (AvgIpc) is 3.39. The van der Waals surface area contributed by atoms with Crippen molar-refractivity contribution in [1.82, 2.24) is 20.4 Å². The number of amides is 2. The third kappa shape index (κ3) is 4.41. The van der Waals surface area contributed by atoms with Crippen LogP contribution < -0.4 is 10.1 Å². The number of carbonyl (C=O) groups is 2. The van der Waals surface area contributed by atoms with E-state index in [4.69, 9.17) is 9.26 Å². The Morgan fingerprint density at radius 1 is 1.24 bits per heavy atom. The fourth-order valence-electron chi connectivity index (χ4n) is 4.14. The molecular formula is C21H26N4O4. The average molecular weight is 398 g/mol. The van der Waals surface area contributed by atoms with Crippen LogP contribution in [0.5, 0.6) is 5.75 Å². The van der Waals surface area contributed by atoms with Gasteiger partial charge in [0.1, 0.15) is 5.75 Å². The van der Waals surface area contributed by atoms with E-state index in [1.165, 1.54) is 19.3 Å². The van der Waals surface area contributed by atoms with Crippen LogP contribution in [0.4, 0.5) is 0 Å². The number of benzene rings is 1. The van der Waals surface area contributed by atoms with Gasteiger partial charge in [-0.2, -0.15) is 4.98 Å². The monoisotopic (exact) mass is 398 g/mol. The van der Waals surface area contributed by atoms with Crippen molar-refractivity contribution in [3.05, 3.63) is 30.2 Å². The predicted octanol–water partition coefficient (Wildman–Crippen LogP) is 2.54. The number of rotatable bonds is 6. The van der Waals surface area contributed by atoms with Crippen LogP contribution in [0, 0.1) is 5.92 Å². The maximum absolute atomic E-state index is 12.5. The Morgan fingerprint density at radius 3 is 2.72 bits per heavy atom. The molecule has 1 saturated carbocycles. The first kappa shape index (κ1) is 19.4. The van der Waals surface area contributed by atoms with Crippen molar-refractivity contribution in [2.75, 3.05) is 13.7 Å². The lowest BCUT2D eigenvalue weighted by atomic mass is 9.94. The molecular weight excluding hydrogens is 372 g/mol. The molecule has 1 unspecified atom stereocenters. The maximum atomic E-state index is 12.5. The molecule has 154 valence electrons. The molecule has 0 spiro atoms. The lowest BCUT2D eigenvalue weighted by Crippen LogP contribution is -2.39. The van der Waals surface area contributed by atoms with Crippen LogP contribution in [-0.4, -0.2) is 46.6 Å². The highest BCUT2D eigenvalue weighted by molar-refractivity contribution is 5.89. The highest BCUT2D eigenvalue weighted by Gasteiger charge is 2.38. The van der Waals surface area contributed by atoms with Gasteiger partial charge in [0.05, 0.1) is 19.6 Å². The quantitative estimate of drug-likeness (QED) is 0.803. The maximum Gasteiger partial charge on any atom is 0.246 e. The van der Waals surface area contributed by atoms with E-state index in [1.54, 1.807) is 7.11 Å². The Labute approximate surface area is 169 Å². The molecule has 1 aromatic carbocycles. The highest BCUT2D eigenvalue weighted by atomic mass is 16.5. The second-order valence-corrected chi connectivity index (χ2v) is 7.70. The molecule has 1 saturated heterocycles. The van der Waals surface area contributed by atoms with Crippen LogP contribution in [0.2, 0.25) is 0 Å². The summed E-state index contributed by atoms with van der Waals surface area (Å²) in [6.45, 7) is 0.659. The van der Waals surface area contributed by atoms with E-state index < -0.39 is 0 Å². The highest BCUT2D eigenvalue weighted by Crippen LogP contribution is 2.28. The van der Waals surface area contributed by atoms with E-state index in [-0.39, 0.29) is 30.7 Å². The fourth-order valence-corrected chi connectivity index (χ4v) is 4.14. The Hall–Kier alpha value is -2.90. The molecule has 4 rings (SSSR count). The Morgan fingerprint density at radius 2 is 2.00 bits per heavy atom. The van der Waals surface area contributed by atoms with Gasteiger partial charge in [0.15, 0.2) is 0 Å². The van der Waals surface area contributed by atoms with E-state index >= 15 is 0 Å². The molecule has 0 radical (unpaired) electrons. The summed E-state index contributed by atoms with van der Waals surface area (Å²) in [7, 11) is 1.61. The standard InChI is InChI=1S/C21H26N4O4/c1-28-17-9-7-14(8-10-17)20-23-18(29-24-20)12-22-21(27)15-11-19(26)25(13-15)16-5-3-2-4-6-16/h7-10,15-16H,2-6,11-13H2,1H3,(H,22,27). The number of carbonyl (C=O) groups excluding carboxylic acids is 2. The first-order chi connectivity index (χ1) is 14.1. The van der Waals surface area contributed by atoms with Gasteiger partial charge in [-0.15, -0.1) is 0 Å². The van der Waals surface area contributed by atoms with Gasteiger partial charge >= 0.3 is 0 Å². The van der Waals surface area contributed by atoms with E-state index in [2.05, 4.69) is 15.5 Å². The molecule has 1 N–H and O–H groups in total. The molecule has 1 aliphatic carbocycles. The smallest absolute Gasteiger partial charge is 0.246 e. The summed E-state index contributed by atoms with van der Waals surface area (Å²) >= 11 is 0. The van der Waals surface area contributed by atoms with Crippen LogP contribution in [-0.2, 0) is 16.1 Å². The molecule has 1 aromatic heterocycles. The lowest BCUT2D eigenvalue weighted by Gasteiger charge is -2.31. The molecule has 1 atom stereocenters. The Bertz CT molecular complexity index is 858. The van der Waals surface area contributed by atoms with Gasteiger partial charge in [0.25, 0.3) is 0 Å². The molecule has 1 aliphatic heterocycles. The number of aromatic nitrogens is 2. The third-order valence-corrected chi connectivity index (χ3v) is 5.77. The summed E-state index contributed by atoms with van der Waals surface area (Å²) in [6, 6.07) is 7.63. The summed E-state index contributed by atoms with van der Waals surface area (Å²) in [6.07, 6.45) is 5.96. The van der Waals surface area contributed by atoms with Crippen molar-refractivity contribution in [2.45, 2.75) is 51.1 Å². The minimum absolute atomic E-state index is 0.0941. The van der Waals surface area contributed by atoms with E-state index in [0.717, 1.165) is 24.2 Å².